The lowest BCUT2D eigenvalue weighted by atomic mass is 10.1. The summed E-state index contributed by atoms with van der Waals surface area (Å²) in [6, 6.07) is 12.8. The summed E-state index contributed by atoms with van der Waals surface area (Å²) in [4.78, 5) is 0.198. The zero-order valence-electron chi connectivity index (χ0n) is 10.6. The Morgan fingerprint density at radius 3 is 2.47 bits per heavy atom. The molecule has 0 amide bonds. The van der Waals surface area contributed by atoms with Gasteiger partial charge < -0.3 is 11.1 Å². The first kappa shape index (κ1) is 13.5. The third-order valence-electron chi connectivity index (χ3n) is 2.86. The van der Waals surface area contributed by atoms with Crippen LogP contribution in [0.15, 0.2) is 42.5 Å². The van der Waals surface area contributed by atoms with Crippen molar-refractivity contribution >= 4 is 22.9 Å². The molecule has 2 aromatic carbocycles. The van der Waals surface area contributed by atoms with Gasteiger partial charge in [0.1, 0.15) is 10.8 Å². The summed E-state index contributed by atoms with van der Waals surface area (Å²) in [6.07, 6.45) is 0. The number of nitrogens with one attached hydrogen (secondary N) is 1. The normalized spacial score (nSPS) is 10.2. The van der Waals surface area contributed by atoms with Crippen molar-refractivity contribution in [3.63, 3.8) is 0 Å². The van der Waals surface area contributed by atoms with E-state index in [1.54, 1.807) is 12.1 Å². The van der Waals surface area contributed by atoms with Crippen molar-refractivity contribution < 1.29 is 4.39 Å². The molecule has 2 nitrogen and oxygen atoms in total. The highest BCUT2D eigenvalue weighted by Gasteiger charge is 2.04. The van der Waals surface area contributed by atoms with Gasteiger partial charge in [-0.1, -0.05) is 42.0 Å². The van der Waals surface area contributed by atoms with Crippen molar-refractivity contribution in [1.82, 2.24) is 0 Å². The molecule has 4 heteroatoms. The minimum atomic E-state index is -0.350. The Bertz CT molecular complexity index is 594. The highest BCUT2D eigenvalue weighted by atomic mass is 32.1. The van der Waals surface area contributed by atoms with Crippen LogP contribution in [0.3, 0.4) is 0 Å². The highest BCUT2D eigenvalue weighted by Crippen LogP contribution is 2.17. The van der Waals surface area contributed by atoms with Gasteiger partial charge >= 0.3 is 0 Å². The third kappa shape index (κ3) is 3.51. The van der Waals surface area contributed by atoms with Gasteiger partial charge in [-0.15, -0.1) is 0 Å². The Hall–Kier alpha value is -1.94. The summed E-state index contributed by atoms with van der Waals surface area (Å²) in [5, 5.41) is 3.06. The zero-order chi connectivity index (χ0) is 13.8. The average Bonchev–Trinajstić information content (AvgIpc) is 2.39. The van der Waals surface area contributed by atoms with E-state index in [2.05, 4.69) is 5.32 Å². The second kappa shape index (κ2) is 5.80. The standard InChI is InChI=1S/C15H15FN2S/c1-10-2-4-11(5-3-10)9-18-14-7-6-12(15(17)19)8-13(14)16/h2-8,18H,9H2,1H3,(H2,17,19). The Balaban J connectivity index is 2.07. The predicted octanol–water partition coefficient (Wildman–Crippen LogP) is 3.38. The topological polar surface area (TPSA) is 38.0 Å². The molecule has 2 aromatic rings. The Morgan fingerprint density at radius 2 is 1.89 bits per heavy atom. The van der Waals surface area contributed by atoms with Crippen LogP contribution < -0.4 is 11.1 Å². The molecule has 0 aromatic heterocycles. The van der Waals surface area contributed by atoms with E-state index in [1.807, 2.05) is 31.2 Å². The second-order valence-electron chi connectivity index (χ2n) is 4.40. The molecule has 0 bridgehead atoms. The summed E-state index contributed by atoms with van der Waals surface area (Å²) in [6.45, 7) is 2.61. The summed E-state index contributed by atoms with van der Waals surface area (Å²) < 4.78 is 13.8. The van der Waals surface area contributed by atoms with E-state index in [4.69, 9.17) is 18.0 Å². The summed E-state index contributed by atoms with van der Waals surface area (Å²) in [5.74, 6) is -0.350. The van der Waals surface area contributed by atoms with Gasteiger partial charge in [-0.2, -0.15) is 0 Å². The maximum absolute atomic E-state index is 13.8. The minimum absolute atomic E-state index is 0.198. The van der Waals surface area contributed by atoms with Crippen LogP contribution in [0.25, 0.3) is 0 Å². The molecule has 0 radical (unpaired) electrons. The van der Waals surface area contributed by atoms with Crippen molar-refractivity contribution in [3.05, 3.63) is 65.0 Å². The first-order chi connectivity index (χ1) is 9.06. The SMILES string of the molecule is Cc1ccc(CNc2ccc(C(N)=S)cc2F)cc1. The molecule has 0 unspecified atom stereocenters. The van der Waals surface area contributed by atoms with Crippen molar-refractivity contribution in [3.8, 4) is 0 Å². The van der Waals surface area contributed by atoms with Crippen LogP contribution >= 0.6 is 12.2 Å². The maximum Gasteiger partial charge on any atom is 0.146 e. The van der Waals surface area contributed by atoms with E-state index < -0.39 is 0 Å². The smallest absolute Gasteiger partial charge is 0.146 e. The molecule has 0 fully saturated rings. The Kier molecular flexibility index (Phi) is 4.12. The van der Waals surface area contributed by atoms with Crippen LogP contribution in [0.5, 0.6) is 0 Å². The van der Waals surface area contributed by atoms with Gasteiger partial charge in [0.2, 0.25) is 0 Å². The molecule has 0 aliphatic rings. The number of halogens is 1. The molecule has 0 saturated carbocycles. The van der Waals surface area contributed by atoms with Crippen molar-refractivity contribution in [1.29, 1.82) is 0 Å². The maximum atomic E-state index is 13.8. The molecule has 0 saturated heterocycles. The zero-order valence-corrected chi connectivity index (χ0v) is 11.4. The largest absolute Gasteiger partial charge is 0.389 e. The fraction of sp³-hybridized carbons (Fsp3) is 0.133. The van der Waals surface area contributed by atoms with Gasteiger partial charge in [-0.3, -0.25) is 0 Å². The van der Waals surface area contributed by atoms with Gasteiger partial charge in [0.15, 0.2) is 0 Å². The molecular weight excluding hydrogens is 259 g/mol. The molecule has 3 N–H and O–H groups in total. The molecule has 0 aliphatic carbocycles. The van der Waals surface area contributed by atoms with Crippen LogP contribution in [-0.2, 0) is 6.54 Å². The summed E-state index contributed by atoms with van der Waals surface area (Å²) >= 11 is 4.81. The number of thiocarbonyl (C=S) groups is 1. The number of aryl methyl sites for hydroxylation is 1. The van der Waals surface area contributed by atoms with E-state index >= 15 is 0 Å². The van der Waals surface area contributed by atoms with Crippen molar-refractivity contribution in [2.45, 2.75) is 13.5 Å². The molecule has 98 valence electrons. The average molecular weight is 274 g/mol. The third-order valence-corrected chi connectivity index (χ3v) is 3.09. The van der Waals surface area contributed by atoms with Gasteiger partial charge in [0.25, 0.3) is 0 Å². The number of hydrogen-bond acceptors (Lipinski definition) is 2. The number of hydrogen-bond donors (Lipinski definition) is 2. The van der Waals surface area contributed by atoms with E-state index in [-0.39, 0.29) is 10.8 Å². The van der Waals surface area contributed by atoms with Gasteiger partial charge in [-0.25, -0.2) is 4.39 Å². The lowest BCUT2D eigenvalue weighted by Crippen LogP contribution is -2.10. The first-order valence-electron chi connectivity index (χ1n) is 5.95. The predicted molar refractivity (Wildman–Crippen MR) is 80.8 cm³/mol. The molecule has 0 aliphatic heterocycles. The lowest BCUT2D eigenvalue weighted by molar-refractivity contribution is 0.630. The summed E-state index contributed by atoms with van der Waals surface area (Å²) in [7, 11) is 0. The van der Waals surface area contributed by atoms with Crippen LogP contribution in [-0.4, -0.2) is 4.99 Å². The minimum Gasteiger partial charge on any atom is -0.389 e. The molecule has 0 spiro atoms. The summed E-state index contributed by atoms with van der Waals surface area (Å²) in [5.41, 5.74) is 8.74. The Morgan fingerprint density at radius 1 is 1.21 bits per heavy atom. The number of rotatable bonds is 4. The fourth-order valence-electron chi connectivity index (χ4n) is 1.71. The lowest BCUT2D eigenvalue weighted by Gasteiger charge is -2.09. The van der Waals surface area contributed by atoms with E-state index in [0.29, 0.717) is 17.8 Å². The number of anilines is 1. The molecule has 0 heterocycles. The van der Waals surface area contributed by atoms with Crippen LogP contribution in [0.1, 0.15) is 16.7 Å². The highest BCUT2D eigenvalue weighted by molar-refractivity contribution is 7.80. The first-order valence-corrected chi connectivity index (χ1v) is 6.36. The second-order valence-corrected chi connectivity index (χ2v) is 4.84. The number of nitrogens with two attached hydrogens (primary N) is 1. The molecule has 19 heavy (non-hydrogen) atoms. The van der Waals surface area contributed by atoms with Crippen molar-refractivity contribution in [2.75, 3.05) is 5.32 Å². The van der Waals surface area contributed by atoms with E-state index in [0.717, 1.165) is 5.56 Å². The van der Waals surface area contributed by atoms with Crippen LogP contribution in [0, 0.1) is 12.7 Å². The van der Waals surface area contributed by atoms with Crippen LogP contribution in [0.2, 0.25) is 0 Å². The monoisotopic (exact) mass is 274 g/mol. The molecular formula is C15H15FN2S. The van der Waals surface area contributed by atoms with Gasteiger partial charge in [0, 0.05) is 12.1 Å². The number of benzene rings is 2. The van der Waals surface area contributed by atoms with Crippen molar-refractivity contribution in [2.24, 2.45) is 5.73 Å². The van der Waals surface area contributed by atoms with Crippen LogP contribution in [0.4, 0.5) is 10.1 Å². The molecule has 0 atom stereocenters. The van der Waals surface area contributed by atoms with Gasteiger partial charge in [0.05, 0.1) is 5.69 Å². The van der Waals surface area contributed by atoms with E-state index in [9.17, 15) is 4.39 Å². The Labute approximate surface area is 117 Å². The van der Waals surface area contributed by atoms with E-state index in [1.165, 1.54) is 11.6 Å². The fourth-order valence-corrected chi connectivity index (χ4v) is 1.84. The van der Waals surface area contributed by atoms with Gasteiger partial charge in [-0.05, 0) is 30.7 Å². The molecule has 2 rings (SSSR count). The quantitative estimate of drug-likeness (QED) is 0.839.